The third-order valence-electron chi connectivity index (χ3n) is 6.49. The van der Waals surface area contributed by atoms with Crippen LogP contribution in [0.3, 0.4) is 0 Å². The standard InChI is InChI=1S/C22H20F6N4O/c23-15-9-14(17(24)19(26)18(15)25)20-16(10-29)32(11-30-20)13-3-7-31(8-4-13)21(33)12-1-5-22(27,28)6-2-12/h9,11-13H,1-8H2. The summed E-state index contributed by atoms with van der Waals surface area (Å²) < 4.78 is 83.0. The average molecular weight is 470 g/mol. The van der Waals surface area contributed by atoms with Gasteiger partial charge in [0.25, 0.3) is 0 Å². The van der Waals surface area contributed by atoms with Crippen LogP contribution in [0.15, 0.2) is 12.4 Å². The number of benzene rings is 1. The van der Waals surface area contributed by atoms with Crippen molar-refractivity contribution < 1.29 is 31.1 Å². The van der Waals surface area contributed by atoms with Gasteiger partial charge in [-0.05, 0) is 31.7 Å². The monoisotopic (exact) mass is 470 g/mol. The van der Waals surface area contributed by atoms with Crippen molar-refractivity contribution in [2.75, 3.05) is 13.1 Å². The van der Waals surface area contributed by atoms with E-state index in [1.165, 1.54) is 10.9 Å². The highest BCUT2D eigenvalue weighted by atomic mass is 19.3. The van der Waals surface area contributed by atoms with Crippen LogP contribution < -0.4 is 0 Å². The van der Waals surface area contributed by atoms with Crippen molar-refractivity contribution >= 4 is 5.91 Å². The van der Waals surface area contributed by atoms with Gasteiger partial charge in [0.05, 0.1) is 6.33 Å². The third kappa shape index (κ3) is 4.30. The van der Waals surface area contributed by atoms with Crippen LogP contribution >= 0.6 is 0 Å². The van der Waals surface area contributed by atoms with E-state index in [-0.39, 0.29) is 49.0 Å². The fourth-order valence-electron chi connectivity index (χ4n) is 4.60. The molecule has 0 spiro atoms. The molecule has 33 heavy (non-hydrogen) atoms. The Morgan fingerprint density at radius 3 is 2.27 bits per heavy atom. The Morgan fingerprint density at radius 2 is 1.67 bits per heavy atom. The van der Waals surface area contributed by atoms with Crippen molar-refractivity contribution in [2.45, 2.75) is 50.5 Å². The van der Waals surface area contributed by atoms with Crippen molar-refractivity contribution in [3.05, 3.63) is 41.4 Å². The first-order valence-corrected chi connectivity index (χ1v) is 10.6. The average Bonchev–Trinajstić information content (AvgIpc) is 3.23. The first-order chi connectivity index (χ1) is 15.6. The predicted octanol–water partition coefficient (Wildman–Crippen LogP) is 4.97. The maximum atomic E-state index is 14.2. The summed E-state index contributed by atoms with van der Waals surface area (Å²) in [6.07, 6.45) is 1.78. The molecule has 2 fully saturated rings. The predicted molar refractivity (Wildman–Crippen MR) is 104 cm³/mol. The number of carbonyl (C=O) groups is 1. The molecule has 11 heteroatoms. The van der Waals surface area contributed by atoms with Crippen molar-refractivity contribution in [2.24, 2.45) is 5.92 Å². The fraction of sp³-hybridized carbons (Fsp3) is 0.500. The van der Waals surface area contributed by atoms with Crippen LogP contribution in [0.5, 0.6) is 0 Å². The molecule has 2 aromatic rings. The number of alkyl halides is 2. The Kier molecular flexibility index (Phi) is 6.12. The van der Waals surface area contributed by atoms with E-state index in [9.17, 15) is 36.4 Å². The zero-order chi connectivity index (χ0) is 23.9. The van der Waals surface area contributed by atoms with Crippen molar-refractivity contribution in [3.8, 4) is 17.3 Å². The van der Waals surface area contributed by atoms with E-state index in [1.807, 2.05) is 6.07 Å². The highest BCUT2D eigenvalue weighted by Crippen LogP contribution is 2.38. The zero-order valence-corrected chi connectivity index (χ0v) is 17.4. The zero-order valence-electron chi connectivity index (χ0n) is 17.4. The van der Waals surface area contributed by atoms with Gasteiger partial charge in [-0.3, -0.25) is 4.79 Å². The lowest BCUT2D eigenvalue weighted by Crippen LogP contribution is -2.43. The lowest BCUT2D eigenvalue weighted by molar-refractivity contribution is -0.141. The molecule has 0 bridgehead atoms. The lowest BCUT2D eigenvalue weighted by Gasteiger charge is -2.36. The van der Waals surface area contributed by atoms with E-state index in [4.69, 9.17) is 0 Å². The lowest BCUT2D eigenvalue weighted by atomic mass is 9.85. The molecule has 2 heterocycles. The Hall–Kier alpha value is -3.03. The number of hydrogen-bond acceptors (Lipinski definition) is 3. The summed E-state index contributed by atoms with van der Waals surface area (Å²) >= 11 is 0. The molecule has 176 valence electrons. The number of aromatic nitrogens is 2. The molecule has 1 aliphatic carbocycles. The van der Waals surface area contributed by atoms with Crippen molar-refractivity contribution in [3.63, 3.8) is 0 Å². The second kappa shape index (κ2) is 8.72. The van der Waals surface area contributed by atoms with Gasteiger partial charge in [-0.15, -0.1) is 0 Å². The fourth-order valence-corrected chi connectivity index (χ4v) is 4.60. The number of amides is 1. The second-order valence-electron chi connectivity index (χ2n) is 8.50. The molecule has 1 saturated carbocycles. The maximum Gasteiger partial charge on any atom is 0.248 e. The molecule has 5 nitrogen and oxygen atoms in total. The first kappa shape index (κ1) is 23.1. The van der Waals surface area contributed by atoms with Crippen LogP contribution in [0.4, 0.5) is 26.3 Å². The number of likely N-dealkylation sites (tertiary alicyclic amines) is 1. The number of hydrogen-bond donors (Lipinski definition) is 0. The van der Waals surface area contributed by atoms with Gasteiger partial charge in [0.15, 0.2) is 23.3 Å². The maximum absolute atomic E-state index is 14.2. The Labute approximate surface area is 185 Å². The Balaban J connectivity index is 1.49. The van der Waals surface area contributed by atoms with Gasteiger partial charge < -0.3 is 9.47 Å². The van der Waals surface area contributed by atoms with Gasteiger partial charge in [0.2, 0.25) is 11.8 Å². The van der Waals surface area contributed by atoms with Crippen LogP contribution in [0.2, 0.25) is 0 Å². The summed E-state index contributed by atoms with van der Waals surface area (Å²) in [5, 5.41) is 9.60. The van der Waals surface area contributed by atoms with Gasteiger partial charge in [-0.2, -0.15) is 5.26 Å². The molecule has 1 aromatic heterocycles. The molecule has 2 aliphatic rings. The molecule has 1 saturated heterocycles. The van der Waals surface area contributed by atoms with E-state index in [0.717, 1.165) is 0 Å². The van der Waals surface area contributed by atoms with Crippen LogP contribution in [0.1, 0.15) is 50.3 Å². The second-order valence-corrected chi connectivity index (χ2v) is 8.50. The van der Waals surface area contributed by atoms with E-state index in [0.29, 0.717) is 32.0 Å². The minimum Gasteiger partial charge on any atom is -0.342 e. The normalized spacial score (nSPS) is 19.5. The quantitative estimate of drug-likeness (QED) is 0.362. The van der Waals surface area contributed by atoms with Crippen LogP contribution in [0, 0.1) is 40.5 Å². The van der Waals surface area contributed by atoms with Gasteiger partial charge in [0.1, 0.15) is 17.5 Å². The summed E-state index contributed by atoms with van der Waals surface area (Å²) in [5.74, 6) is -10.5. The molecule has 1 amide bonds. The molecular weight excluding hydrogens is 450 g/mol. The number of halogens is 6. The van der Waals surface area contributed by atoms with E-state index in [2.05, 4.69) is 4.98 Å². The minimum atomic E-state index is -2.72. The van der Waals surface area contributed by atoms with Gasteiger partial charge >= 0.3 is 0 Å². The van der Waals surface area contributed by atoms with E-state index < -0.39 is 40.7 Å². The number of piperidine rings is 1. The van der Waals surface area contributed by atoms with Gasteiger partial charge in [-0.1, -0.05) is 0 Å². The molecule has 0 unspecified atom stereocenters. The van der Waals surface area contributed by atoms with Crippen LogP contribution in [-0.2, 0) is 4.79 Å². The molecule has 0 atom stereocenters. The molecule has 1 aromatic carbocycles. The van der Waals surface area contributed by atoms with Crippen molar-refractivity contribution in [1.29, 1.82) is 5.26 Å². The Morgan fingerprint density at radius 1 is 1.03 bits per heavy atom. The van der Waals surface area contributed by atoms with Crippen LogP contribution in [0.25, 0.3) is 11.3 Å². The highest BCUT2D eigenvalue weighted by Gasteiger charge is 2.39. The minimum absolute atomic E-state index is 0.140. The number of nitrogens with zero attached hydrogens (tertiary/aromatic N) is 4. The third-order valence-corrected chi connectivity index (χ3v) is 6.49. The highest BCUT2D eigenvalue weighted by molar-refractivity contribution is 5.79. The van der Waals surface area contributed by atoms with Gasteiger partial charge in [-0.25, -0.2) is 31.3 Å². The number of nitriles is 1. The topological polar surface area (TPSA) is 61.9 Å². The number of carbonyl (C=O) groups excluding carboxylic acids is 1. The summed E-state index contributed by atoms with van der Waals surface area (Å²) in [6.45, 7) is 0.673. The van der Waals surface area contributed by atoms with Crippen LogP contribution in [-0.4, -0.2) is 39.4 Å². The van der Waals surface area contributed by atoms with Crippen molar-refractivity contribution in [1.82, 2.24) is 14.5 Å². The molecule has 1 aliphatic heterocycles. The van der Waals surface area contributed by atoms with E-state index >= 15 is 0 Å². The summed E-state index contributed by atoms with van der Waals surface area (Å²) in [5.41, 5.74) is -1.11. The smallest absolute Gasteiger partial charge is 0.248 e. The summed E-state index contributed by atoms with van der Waals surface area (Å²) in [7, 11) is 0. The summed E-state index contributed by atoms with van der Waals surface area (Å²) in [6, 6.07) is 2.02. The number of imidazole rings is 1. The summed E-state index contributed by atoms with van der Waals surface area (Å²) in [4.78, 5) is 18.3. The first-order valence-electron chi connectivity index (χ1n) is 10.6. The number of rotatable bonds is 3. The largest absolute Gasteiger partial charge is 0.342 e. The molecule has 4 rings (SSSR count). The Bertz CT molecular complexity index is 1110. The molecule has 0 radical (unpaired) electrons. The molecular formula is C22H20F6N4O. The SMILES string of the molecule is N#Cc1c(-c2cc(F)c(F)c(F)c2F)ncn1C1CCN(C(=O)C2CCC(F)(F)CC2)CC1. The van der Waals surface area contributed by atoms with Gasteiger partial charge in [0, 0.05) is 43.5 Å². The van der Waals surface area contributed by atoms with E-state index in [1.54, 1.807) is 4.90 Å². The molecule has 0 N–H and O–H groups in total.